The number of halogens is 1. The molecule has 1 aliphatic rings. The first-order valence-corrected chi connectivity index (χ1v) is 27.0. The molecule has 0 atom stereocenters. The highest BCUT2D eigenvalue weighted by atomic mass is 19.1. The zero-order chi connectivity index (χ0) is 54.0. The molecule has 0 aromatic heterocycles. The third-order valence-corrected chi connectivity index (χ3v) is 17.0. The van der Waals surface area contributed by atoms with E-state index in [1.54, 1.807) is 6.07 Å². The smallest absolute Gasteiger partial charge is 0.469 e. The quantitative estimate of drug-likeness (QED) is 0.0597. The van der Waals surface area contributed by atoms with Crippen molar-refractivity contribution in [3.05, 3.63) is 171 Å². The molecule has 5 aromatic carbocycles. The van der Waals surface area contributed by atoms with Gasteiger partial charge in [-0.25, -0.2) is 4.39 Å². The number of carbonyl (C=O) groups excluding carboxylic acids is 1. The van der Waals surface area contributed by atoms with Gasteiger partial charge in [-0.3, -0.25) is 4.79 Å². The van der Waals surface area contributed by atoms with Gasteiger partial charge in [0.1, 0.15) is 5.82 Å². The molecule has 0 aliphatic carbocycles. The predicted octanol–water partition coefficient (Wildman–Crippen LogP) is 15.2. The van der Waals surface area contributed by atoms with Crippen LogP contribution in [-0.2, 0) is 36.1 Å². The van der Waals surface area contributed by atoms with E-state index in [9.17, 15) is 19.4 Å². The van der Waals surface area contributed by atoms with Gasteiger partial charge in [0.25, 0.3) is 0 Å². The zero-order valence-corrected chi connectivity index (χ0v) is 47.0. The Morgan fingerprint density at radius 1 is 0.562 bits per heavy atom. The van der Waals surface area contributed by atoms with E-state index >= 15 is 0 Å². The number of aryl methyl sites for hydroxylation is 2. The highest BCUT2D eigenvalue weighted by molar-refractivity contribution is 6.62. The van der Waals surface area contributed by atoms with Gasteiger partial charge in [-0.2, -0.15) is 0 Å². The molecule has 5 aromatic rings. The first kappa shape index (κ1) is 58.8. The number of methoxy groups -OCH3 is 1. The predicted molar refractivity (Wildman–Crippen MR) is 304 cm³/mol. The van der Waals surface area contributed by atoms with E-state index < -0.39 is 23.0 Å². The minimum atomic E-state index is -0.770. The van der Waals surface area contributed by atoms with Gasteiger partial charge in [-0.15, -0.1) is 0 Å². The topological polar surface area (TPSA) is 85.2 Å². The molecule has 1 saturated heterocycles. The Hall–Kier alpha value is -5.12. The van der Waals surface area contributed by atoms with Crippen molar-refractivity contribution in [2.75, 3.05) is 7.11 Å². The average molecular weight is 993 g/mol. The number of aliphatic hydroxyl groups is 2. The molecule has 6 rings (SSSR count). The summed E-state index contributed by atoms with van der Waals surface area (Å²) >= 11 is 0. The fourth-order valence-electron chi connectivity index (χ4n) is 10.3. The molecule has 1 aliphatic heterocycles. The van der Waals surface area contributed by atoms with Crippen molar-refractivity contribution in [2.45, 2.75) is 188 Å². The second-order valence-corrected chi connectivity index (χ2v) is 21.4. The summed E-state index contributed by atoms with van der Waals surface area (Å²) in [5.41, 5.74) is 10.5. The number of hydrogen-bond donors (Lipinski definition) is 2. The fourth-order valence-corrected chi connectivity index (χ4v) is 10.3. The third-order valence-electron chi connectivity index (χ3n) is 17.0. The zero-order valence-electron chi connectivity index (χ0n) is 47.0. The van der Waals surface area contributed by atoms with Crippen molar-refractivity contribution in [2.24, 2.45) is 0 Å². The first-order valence-electron chi connectivity index (χ1n) is 27.0. The van der Waals surface area contributed by atoms with E-state index in [2.05, 4.69) is 153 Å². The van der Waals surface area contributed by atoms with Crippen LogP contribution in [0.25, 0.3) is 23.3 Å². The summed E-state index contributed by atoms with van der Waals surface area (Å²) in [6.07, 6.45) is 14.6. The molecule has 392 valence electrons. The van der Waals surface area contributed by atoms with Gasteiger partial charge in [0, 0.05) is 10.8 Å². The largest absolute Gasteiger partial charge is 0.494 e. The molecule has 0 saturated carbocycles. The molecule has 0 amide bonds. The second kappa shape index (κ2) is 24.5. The van der Waals surface area contributed by atoms with Gasteiger partial charge >= 0.3 is 13.1 Å². The van der Waals surface area contributed by atoms with E-state index in [1.807, 2.05) is 64.1 Å². The molecule has 2 N–H and O–H groups in total. The molecule has 0 unspecified atom stereocenters. The molecule has 1 fully saturated rings. The van der Waals surface area contributed by atoms with Crippen molar-refractivity contribution in [1.29, 1.82) is 0 Å². The van der Waals surface area contributed by atoms with Crippen LogP contribution in [0.3, 0.4) is 0 Å². The summed E-state index contributed by atoms with van der Waals surface area (Å²) < 4.78 is 31.8. The lowest BCUT2D eigenvalue weighted by molar-refractivity contribution is -0.139. The summed E-state index contributed by atoms with van der Waals surface area (Å²) in [5.74, 6) is -0.867. The Morgan fingerprint density at radius 3 is 1.30 bits per heavy atom. The van der Waals surface area contributed by atoms with Gasteiger partial charge in [-0.05, 0) is 166 Å². The summed E-state index contributed by atoms with van der Waals surface area (Å²) in [5, 5.41) is 21.3. The lowest BCUT2D eigenvalue weighted by Gasteiger charge is -2.34. The number of ether oxygens (including phenoxy) is 1. The first-order chi connectivity index (χ1) is 34.5. The van der Waals surface area contributed by atoms with Crippen LogP contribution in [-0.4, -0.2) is 52.8 Å². The molecular weight excluding hydrogens is 907 g/mol. The van der Waals surface area contributed by atoms with Crippen molar-refractivity contribution in [3.63, 3.8) is 0 Å². The molecule has 0 radical (unpaired) electrons. The van der Waals surface area contributed by atoms with Crippen LogP contribution in [0.2, 0.25) is 0 Å². The highest BCUT2D eigenvalue weighted by Crippen LogP contribution is 2.42. The van der Waals surface area contributed by atoms with Gasteiger partial charge in [0.15, 0.2) is 0 Å². The average Bonchev–Trinajstić information content (AvgIpc) is 3.62. The normalized spacial score (nSPS) is 15.0. The number of rotatable bonds is 20. The van der Waals surface area contributed by atoms with E-state index in [0.717, 1.165) is 53.4 Å². The lowest BCUT2D eigenvalue weighted by atomic mass is 9.69. The maximum absolute atomic E-state index is 14.6. The van der Waals surface area contributed by atoms with Crippen molar-refractivity contribution >= 4 is 30.7 Å². The molecule has 1 heterocycles. The van der Waals surface area contributed by atoms with Crippen LogP contribution in [0.1, 0.15) is 185 Å². The van der Waals surface area contributed by atoms with Crippen LogP contribution in [0.4, 0.5) is 4.39 Å². The summed E-state index contributed by atoms with van der Waals surface area (Å²) in [6.45, 7) is 29.7. The Labute approximate surface area is 439 Å². The van der Waals surface area contributed by atoms with Crippen LogP contribution < -0.4 is 5.46 Å². The number of carbonyl (C=O) groups is 1. The molecule has 6 nitrogen and oxygen atoms in total. The van der Waals surface area contributed by atoms with Crippen LogP contribution in [0.15, 0.2) is 115 Å². The Bertz CT molecular complexity index is 2650. The Morgan fingerprint density at radius 2 is 0.945 bits per heavy atom. The lowest BCUT2D eigenvalue weighted by Crippen LogP contribution is -2.41. The maximum Gasteiger partial charge on any atom is 0.494 e. The van der Waals surface area contributed by atoms with Gasteiger partial charge < -0.3 is 24.3 Å². The number of esters is 1. The van der Waals surface area contributed by atoms with Gasteiger partial charge in [0.05, 0.1) is 35.9 Å². The SMILES string of the molecule is CCC(O)(/C=C/c1ccc(C(CC)(CC)c2ccc(-c3ccc(CC(=O)OC)c(F)c3)cc2)cc1C)CC.CCC(O)(/C=C/c1ccc(C(CC)(CC)c2ccc(B3OC(C)(C)C(C)(C)O3)cc2)cc1C)CC. The Balaban J connectivity index is 0.000000272. The number of benzene rings is 5. The summed E-state index contributed by atoms with van der Waals surface area (Å²) in [4.78, 5) is 11.5. The number of hydrogen-bond acceptors (Lipinski definition) is 6. The van der Waals surface area contributed by atoms with Crippen LogP contribution >= 0.6 is 0 Å². The fraction of sp³-hybridized carbons (Fsp3) is 0.462. The van der Waals surface area contributed by atoms with Crippen LogP contribution in [0.5, 0.6) is 0 Å². The monoisotopic (exact) mass is 993 g/mol. The summed E-state index contributed by atoms with van der Waals surface area (Å²) in [6, 6.07) is 35.6. The standard InChI is InChI=1S/C34H41FO3.C31H45BO3/c1-7-33(37,8-2)20-19-25-13-18-30(21-24(25)5)34(9-3,10-4)29-16-14-26(15-17-29)27-11-12-28(31(35)22-27)23-32(36)38-6;1-10-30(33,11-2)21-20-24-14-15-26(22-23(24)5)31(12-3,13-4)25-16-18-27(19-17-25)32-34-28(6,7)29(8,9)35-32/h11-22,37H,7-10,23H2,1-6H3;14-22,33H,10-13H2,1-9H3/b20-19+;21-20+. The maximum atomic E-state index is 14.6. The third kappa shape index (κ3) is 13.1. The van der Waals surface area contributed by atoms with E-state index in [4.69, 9.17) is 9.31 Å². The van der Waals surface area contributed by atoms with Crippen molar-refractivity contribution in [3.8, 4) is 11.1 Å². The van der Waals surface area contributed by atoms with Crippen LogP contribution in [0, 0.1) is 19.7 Å². The molecular formula is C65H86BFO6. The molecule has 73 heavy (non-hydrogen) atoms. The van der Waals surface area contributed by atoms with Crippen molar-refractivity contribution < 1.29 is 33.4 Å². The van der Waals surface area contributed by atoms with Gasteiger partial charge in [0.2, 0.25) is 0 Å². The highest BCUT2D eigenvalue weighted by Gasteiger charge is 2.51. The van der Waals surface area contributed by atoms with Gasteiger partial charge in [-0.1, -0.05) is 177 Å². The van der Waals surface area contributed by atoms with E-state index in [1.165, 1.54) is 46.6 Å². The van der Waals surface area contributed by atoms with E-state index in [0.29, 0.717) is 31.2 Å². The second-order valence-electron chi connectivity index (χ2n) is 21.4. The molecule has 0 spiro atoms. The minimum Gasteiger partial charge on any atom is -0.469 e. The molecule has 8 heteroatoms. The summed E-state index contributed by atoms with van der Waals surface area (Å²) in [7, 11) is 0.959. The Kier molecular flexibility index (Phi) is 19.7. The van der Waals surface area contributed by atoms with Crippen molar-refractivity contribution in [1.82, 2.24) is 0 Å². The minimum absolute atomic E-state index is 0.0605. The van der Waals surface area contributed by atoms with E-state index in [-0.39, 0.29) is 35.6 Å². The molecule has 0 bridgehead atoms.